The maximum Gasteiger partial charge on any atom is 0.314 e. The predicted molar refractivity (Wildman–Crippen MR) is 75.5 cm³/mol. The third-order valence-corrected chi connectivity index (χ3v) is 3.47. The summed E-state index contributed by atoms with van der Waals surface area (Å²) in [5.74, 6) is 0.842. The normalized spacial score (nSPS) is 20.1. The lowest BCUT2D eigenvalue weighted by Gasteiger charge is -2.22. The second-order valence-electron chi connectivity index (χ2n) is 5.22. The summed E-state index contributed by atoms with van der Waals surface area (Å²) >= 11 is 0. The van der Waals surface area contributed by atoms with Gasteiger partial charge in [-0.3, -0.25) is 4.90 Å². The average Bonchev–Trinajstić information content (AvgIpc) is 3.09. The Hall–Kier alpha value is -1.53. The minimum Gasteiger partial charge on any atom is -0.468 e. The predicted octanol–water partition coefficient (Wildman–Crippen LogP) is 1.36. The van der Waals surface area contributed by atoms with Crippen LogP contribution >= 0.6 is 0 Å². The van der Waals surface area contributed by atoms with Gasteiger partial charge in [-0.25, -0.2) is 4.79 Å². The fourth-order valence-corrected chi connectivity index (χ4v) is 2.28. The van der Waals surface area contributed by atoms with Crippen LogP contribution in [0.15, 0.2) is 22.8 Å². The summed E-state index contributed by atoms with van der Waals surface area (Å²) in [7, 11) is 3.91. The van der Waals surface area contributed by atoms with Crippen LogP contribution in [0.3, 0.4) is 0 Å². The van der Waals surface area contributed by atoms with Crippen LogP contribution in [0.25, 0.3) is 0 Å². The molecular weight excluding hydrogens is 258 g/mol. The van der Waals surface area contributed by atoms with Crippen LogP contribution in [0.4, 0.5) is 4.79 Å². The SMILES string of the molecule is CN(C)[C@@H](CNC(=O)NC[C@H]1CCCO1)c1ccco1. The van der Waals surface area contributed by atoms with E-state index >= 15 is 0 Å². The molecule has 2 atom stereocenters. The summed E-state index contributed by atoms with van der Waals surface area (Å²) < 4.78 is 10.9. The largest absolute Gasteiger partial charge is 0.468 e. The van der Waals surface area contributed by atoms with E-state index in [0.29, 0.717) is 13.1 Å². The molecule has 1 saturated heterocycles. The van der Waals surface area contributed by atoms with E-state index in [9.17, 15) is 4.79 Å². The molecule has 1 aromatic heterocycles. The standard InChI is InChI=1S/C14H23N3O3/c1-17(2)12(13-6-4-8-20-13)10-16-14(18)15-9-11-5-3-7-19-11/h4,6,8,11-12H,3,5,7,9-10H2,1-2H3,(H2,15,16,18)/t11-,12+/m1/s1. The van der Waals surface area contributed by atoms with E-state index < -0.39 is 0 Å². The molecule has 2 rings (SSSR count). The van der Waals surface area contributed by atoms with Crippen molar-refractivity contribution < 1.29 is 13.9 Å². The average molecular weight is 281 g/mol. The Morgan fingerprint density at radius 2 is 2.35 bits per heavy atom. The van der Waals surface area contributed by atoms with Gasteiger partial charge >= 0.3 is 6.03 Å². The van der Waals surface area contributed by atoms with Gasteiger partial charge in [0.15, 0.2) is 0 Å². The Morgan fingerprint density at radius 1 is 1.50 bits per heavy atom. The van der Waals surface area contributed by atoms with Crippen molar-refractivity contribution in [1.82, 2.24) is 15.5 Å². The van der Waals surface area contributed by atoms with E-state index in [1.165, 1.54) is 0 Å². The molecule has 6 heteroatoms. The quantitative estimate of drug-likeness (QED) is 0.826. The van der Waals surface area contributed by atoms with E-state index in [-0.39, 0.29) is 18.2 Å². The van der Waals surface area contributed by atoms with Crippen molar-refractivity contribution in [2.75, 3.05) is 33.8 Å². The number of ether oxygens (including phenoxy) is 1. The second-order valence-corrected chi connectivity index (χ2v) is 5.22. The lowest BCUT2D eigenvalue weighted by atomic mass is 10.2. The molecule has 0 radical (unpaired) electrons. The van der Waals surface area contributed by atoms with Crippen molar-refractivity contribution in [2.45, 2.75) is 25.0 Å². The Labute approximate surface area is 119 Å². The molecule has 0 bridgehead atoms. The first-order chi connectivity index (χ1) is 9.66. The van der Waals surface area contributed by atoms with Crippen LogP contribution in [-0.2, 0) is 4.74 Å². The maximum atomic E-state index is 11.8. The van der Waals surface area contributed by atoms with Crippen molar-refractivity contribution in [1.29, 1.82) is 0 Å². The molecule has 0 aromatic carbocycles. The molecule has 6 nitrogen and oxygen atoms in total. The molecule has 1 aliphatic rings. The highest BCUT2D eigenvalue weighted by Gasteiger charge is 2.19. The molecule has 1 fully saturated rings. The molecule has 20 heavy (non-hydrogen) atoms. The van der Waals surface area contributed by atoms with Crippen LogP contribution in [0.1, 0.15) is 24.6 Å². The smallest absolute Gasteiger partial charge is 0.314 e. The molecule has 1 aliphatic heterocycles. The van der Waals surface area contributed by atoms with Crippen molar-refractivity contribution in [2.24, 2.45) is 0 Å². The molecule has 0 unspecified atom stereocenters. The Bertz CT molecular complexity index is 400. The zero-order chi connectivity index (χ0) is 14.4. The molecule has 0 saturated carbocycles. The Balaban J connectivity index is 1.73. The van der Waals surface area contributed by atoms with E-state index in [2.05, 4.69) is 10.6 Å². The third-order valence-electron chi connectivity index (χ3n) is 3.47. The van der Waals surface area contributed by atoms with Gasteiger partial charge in [0.05, 0.1) is 18.4 Å². The van der Waals surface area contributed by atoms with Crippen LogP contribution < -0.4 is 10.6 Å². The minimum atomic E-state index is -0.168. The molecule has 2 N–H and O–H groups in total. The molecule has 0 spiro atoms. The summed E-state index contributed by atoms with van der Waals surface area (Å²) in [6.07, 6.45) is 3.90. The molecule has 2 heterocycles. The topological polar surface area (TPSA) is 66.7 Å². The highest BCUT2D eigenvalue weighted by Crippen LogP contribution is 2.17. The van der Waals surface area contributed by atoms with E-state index in [0.717, 1.165) is 25.2 Å². The highest BCUT2D eigenvalue weighted by molar-refractivity contribution is 5.73. The number of nitrogens with zero attached hydrogens (tertiary/aromatic N) is 1. The summed E-state index contributed by atoms with van der Waals surface area (Å²) in [5, 5.41) is 5.71. The second kappa shape index (κ2) is 7.31. The first kappa shape index (κ1) is 14.9. The van der Waals surface area contributed by atoms with Gasteiger partial charge < -0.3 is 19.8 Å². The van der Waals surface area contributed by atoms with Gasteiger partial charge in [-0.15, -0.1) is 0 Å². The number of rotatable bonds is 6. The summed E-state index contributed by atoms with van der Waals surface area (Å²) in [5.41, 5.74) is 0. The zero-order valence-electron chi connectivity index (χ0n) is 12.1. The zero-order valence-corrected chi connectivity index (χ0v) is 12.1. The monoisotopic (exact) mass is 281 g/mol. The van der Waals surface area contributed by atoms with Crippen molar-refractivity contribution in [3.8, 4) is 0 Å². The van der Waals surface area contributed by atoms with Gasteiger partial charge in [-0.2, -0.15) is 0 Å². The van der Waals surface area contributed by atoms with E-state index in [1.54, 1.807) is 6.26 Å². The first-order valence-electron chi connectivity index (χ1n) is 7.00. The van der Waals surface area contributed by atoms with Gasteiger partial charge in [0.25, 0.3) is 0 Å². The van der Waals surface area contributed by atoms with Crippen LogP contribution in [0.2, 0.25) is 0 Å². The van der Waals surface area contributed by atoms with Gasteiger partial charge in [-0.1, -0.05) is 0 Å². The number of nitrogens with one attached hydrogen (secondary N) is 2. The van der Waals surface area contributed by atoms with Gasteiger partial charge in [0.2, 0.25) is 0 Å². The molecule has 2 amide bonds. The Morgan fingerprint density at radius 3 is 2.95 bits per heavy atom. The number of hydrogen-bond acceptors (Lipinski definition) is 4. The number of likely N-dealkylation sites (N-methyl/N-ethyl adjacent to an activating group) is 1. The number of hydrogen-bond donors (Lipinski definition) is 2. The minimum absolute atomic E-state index is 0.0264. The maximum absolute atomic E-state index is 11.8. The summed E-state index contributed by atoms with van der Waals surface area (Å²) in [4.78, 5) is 13.8. The van der Waals surface area contributed by atoms with Crippen LogP contribution in [0.5, 0.6) is 0 Å². The lowest BCUT2D eigenvalue weighted by molar-refractivity contribution is 0.111. The summed E-state index contributed by atoms with van der Waals surface area (Å²) in [6.45, 7) is 1.87. The number of carbonyl (C=O) groups excluding carboxylic acids is 1. The van der Waals surface area contributed by atoms with Crippen molar-refractivity contribution in [3.63, 3.8) is 0 Å². The van der Waals surface area contributed by atoms with Crippen LogP contribution in [-0.4, -0.2) is 50.8 Å². The van der Waals surface area contributed by atoms with E-state index in [4.69, 9.17) is 9.15 Å². The number of urea groups is 1. The van der Waals surface area contributed by atoms with E-state index in [1.807, 2.05) is 31.1 Å². The number of amides is 2. The van der Waals surface area contributed by atoms with Gasteiger partial charge in [0, 0.05) is 19.7 Å². The molecule has 112 valence electrons. The lowest BCUT2D eigenvalue weighted by Crippen LogP contribution is -2.42. The van der Waals surface area contributed by atoms with Crippen LogP contribution in [0, 0.1) is 0 Å². The first-order valence-corrected chi connectivity index (χ1v) is 7.00. The molecule has 1 aromatic rings. The fourth-order valence-electron chi connectivity index (χ4n) is 2.28. The van der Waals surface area contributed by atoms with Gasteiger partial charge in [-0.05, 0) is 39.1 Å². The fraction of sp³-hybridized carbons (Fsp3) is 0.643. The van der Waals surface area contributed by atoms with Gasteiger partial charge in [0.1, 0.15) is 5.76 Å². The van der Waals surface area contributed by atoms with Crippen molar-refractivity contribution in [3.05, 3.63) is 24.2 Å². The summed E-state index contributed by atoms with van der Waals surface area (Å²) in [6, 6.07) is 3.62. The number of carbonyl (C=O) groups is 1. The Kier molecular flexibility index (Phi) is 5.43. The third kappa shape index (κ3) is 4.25. The molecule has 0 aliphatic carbocycles. The van der Waals surface area contributed by atoms with Crippen molar-refractivity contribution >= 4 is 6.03 Å². The molecular formula is C14H23N3O3. The number of furan rings is 1. The highest BCUT2D eigenvalue weighted by atomic mass is 16.5.